The van der Waals surface area contributed by atoms with E-state index in [1.54, 1.807) is 45.0 Å². The molecule has 3 rings (SSSR count). The van der Waals surface area contributed by atoms with Crippen LogP contribution < -0.4 is 15.1 Å². The monoisotopic (exact) mass is 457 g/mol. The summed E-state index contributed by atoms with van der Waals surface area (Å²) in [6.07, 6.45) is 0.557. The highest BCUT2D eigenvalue weighted by atomic mass is 32.2. The van der Waals surface area contributed by atoms with Crippen LogP contribution >= 0.6 is 0 Å². The van der Waals surface area contributed by atoms with E-state index in [-0.39, 0.29) is 16.6 Å². The third-order valence-electron chi connectivity index (χ3n) is 5.61. The summed E-state index contributed by atoms with van der Waals surface area (Å²) >= 11 is 0. The van der Waals surface area contributed by atoms with E-state index in [1.807, 2.05) is 13.8 Å². The molecule has 0 bridgehead atoms. The molecule has 7 nitrogen and oxygen atoms in total. The van der Waals surface area contributed by atoms with Crippen LogP contribution in [0.15, 0.2) is 56.6 Å². The first-order valence-corrected chi connectivity index (χ1v) is 11.9. The molecule has 0 saturated heterocycles. The lowest BCUT2D eigenvalue weighted by molar-refractivity contribution is -0.137. The van der Waals surface area contributed by atoms with Crippen LogP contribution in [0.2, 0.25) is 0 Å². The van der Waals surface area contributed by atoms with E-state index >= 15 is 0 Å². The Bertz CT molecular complexity index is 1310. The van der Waals surface area contributed by atoms with Crippen molar-refractivity contribution in [3.63, 3.8) is 0 Å². The Kier molecular flexibility index (Phi) is 6.85. The molecule has 0 unspecified atom stereocenters. The number of hydrogen-bond donors (Lipinski definition) is 1. The first-order chi connectivity index (χ1) is 15.0. The minimum atomic E-state index is -3.94. The molecule has 0 amide bonds. The van der Waals surface area contributed by atoms with Gasteiger partial charge < -0.3 is 9.15 Å². The normalized spacial score (nSPS) is 13.7. The fourth-order valence-electron chi connectivity index (χ4n) is 3.37. The van der Waals surface area contributed by atoms with Crippen LogP contribution in [0.3, 0.4) is 0 Å². The van der Waals surface area contributed by atoms with Crippen molar-refractivity contribution in [3.8, 4) is 5.75 Å². The zero-order chi connectivity index (χ0) is 23.6. The van der Waals surface area contributed by atoms with Crippen LogP contribution in [0.25, 0.3) is 11.0 Å². The van der Waals surface area contributed by atoms with Crippen molar-refractivity contribution in [3.05, 3.63) is 69.6 Å². The first kappa shape index (κ1) is 23.7. The molecule has 1 heterocycles. The number of ether oxygens (including phenoxy) is 1. The summed E-state index contributed by atoms with van der Waals surface area (Å²) in [5.41, 5.74) is 2.00. The molecule has 2 aromatic carbocycles. The fourth-order valence-corrected chi connectivity index (χ4v) is 4.66. The van der Waals surface area contributed by atoms with E-state index in [0.29, 0.717) is 17.6 Å². The third kappa shape index (κ3) is 4.92. The van der Waals surface area contributed by atoms with Gasteiger partial charge in [0.1, 0.15) is 17.4 Å². The zero-order valence-corrected chi connectivity index (χ0v) is 19.6. The van der Waals surface area contributed by atoms with Gasteiger partial charge in [-0.3, -0.25) is 0 Å². The van der Waals surface area contributed by atoms with Gasteiger partial charge in [-0.25, -0.2) is 18.0 Å². The summed E-state index contributed by atoms with van der Waals surface area (Å²) in [5.74, 6) is -0.838. The summed E-state index contributed by atoms with van der Waals surface area (Å²) in [6, 6.07) is 10.0. The molecule has 1 aromatic heterocycles. The van der Waals surface area contributed by atoms with Crippen LogP contribution in [-0.4, -0.2) is 20.4 Å². The van der Waals surface area contributed by atoms with E-state index in [0.717, 1.165) is 16.5 Å². The number of hydrogen-bond acceptors (Lipinski definition) is 6. The van der Waals surface area contributed by atoms with Crippen molar-refractivity contribution in [1.29, 1.82) is 0 Å². The van der Waals surface area contributed by atoms with Crippen molar-refractivity contribution in [2.45, 2.75) is 52.0 Å². The second kappa shape index (κ2) is 9.26. The molecule has 170 valence electrons. The Morgan fingerprint density at radius 2 is 1.75 bits per heavy atom. The summed E-state index contributed by atoms with van der Waals surface area (Å²) in [4.78, 5) is 24.9. The smallest absolute Gasteiger partial charge is 0.336 e. The molecule has 3 aromatic rings. The van der Waals surface area contributed by atoms with Gasteiger partial charge >= 0.3 is 11.6 Å². The van der Waals surface area contributed by atoms with Gasteiger partial charge in [-0.2, -0.15) is 4.72 Å². The number of carbonyl (C=O) groups excluding carboxylic acids is 1. The van der Waals surface area contributed by atoms with Crippen molar-refractivity contribution < 1.29 is 22.4 Å². The molecule has 8 heteroatoms. The standard InChI is InChI=1S/C24H27NO6S/c1-6-15(3)22(25-32(28,29)18-9-7-14(2)8-10-18)24(27)30-20-12-11-19-16(4)13-21(26)31-23(19)17(20)5/h7-13,15,22,25H,6H2,1-5H3/t15-,22-/m0/s1. The maximum Gasteiger partial charge on any atom is 0.336 e. The number of aryl methyl sites for hydroxylation is 3. The molecule has 0 saturated carbocycles. The second-order valence-electron chi connectivity index (χ2n) is 8.03. The average molecular weight is 458 g/mol. The Morgan fingerprint density at radius 3 is 2.38 bits per heavy atom. The van der Waals surface area contributed by atoms with Crippen LogP contribution in [0.5, 0.6) is 5.75 Å². The highest BCUT2D eigenvalue weighted by Crippen LogP contribution is 2.29. The fraction of sp³-hybridized carbons (Fsp3) is 0.333. The quantitative estimate of drug-likeness (QED) is 0.327. The average Bonchev–Trinajstić information content (AvgIpc) is 2.74. The van der Waals surface area contributed by atoms with Crippen LogP contribution in [0.4, 0.5) is 0 Å². The number of nitrogens with one attached hydrogen (secondary N) is 1. The minimum absolute atomic E-state index is 0.0725. The van der Waals surface area contributed by atoms with E-state index < -0.39 is 27.7 Å². The van der Waals surface area contributed by atoms with E-state index in [1.165, 1.54) is 18.2 Å². The zero-order valence-electron chi connectivity index (χ0n) is 18.8. The Hall–Kier alpha value is -2.97. The van der Waals surface area contributed by atoms with Gasteiger partial charge in [0.15, 0.2) is 0 Å². The van der Waals surface area contributed by atoms with Gasteiger partial charge in [-0.15, -0.1) is 0 Å². The van der Waals surface area contributed by atoms with Crippen molar-refractivity contribution in [1.82, 2.24) is 4.72 Å². The molecule has 32 heavy (non-hydrogen) atoms. The maximum absolute atomic E-state index is 13.1. The van der Waals surface area contributed by atoms with E-state index in [4.69, 9.17) is 9.15 Å². The van der Waals surface area contributed by atoms with Gasteiger partial charge in [-0.05, 0) is 56.5 Å². The Balaban J connectivity index is 1.92. The second-order valence-corrected chi connectivity index (χ2v) is 9.75. The first-order valence-electron chi connectivity index (χ1n) is 10.4. The minimum Gasteiger partial charge on any atom is -0.425 e. The van der Waals surface area contributed by atoms with Crippen LogP contribution in [-0.2, 0) is 14.8 Å². The number of sulfonamides is 1. The molecule has 0 aliphatic carbocycles. The summed E-state index contributed by atoms with van der Waals surface area (Å²) < 4.78 is 39.2. The lowest BCUT2D eigenvalue weighted by atomic mass is 10.0. The Morgan fingerprint density at radius 1 is 1.09 bits per heavy atom. The number of rotatable bonds is 7. The summed E-state index contributed by atoms with van der Waals surface area (Å²) in [7, 11) is -3.94. The molecule has 0 aliphatic heterocycles. The molecule has 0 spiro atoms. The number of esters is 1. The molecule has 0 fully saturated rings. The van der Waals surface area contributed by atoms with Crippen LogP contribution in [0, 0.1) is 26.7 Å². The topological polar surface area (TPSA) is 103 Å². The van der Waals surface area contributed by atoms with Crippen LogP contribution in [0.1, 0.15) is 37.0 Å². The van der Waals surface area contributed by atoms with Gasteiger partial charge in [0.2, 0.25) is 10.0 Å². The molecule has 2 atom stereocenters. The highest BCUT2D eigenvalue weighted by molar-refractivity contribution is 7.89. The molecule has 0 radical (unpaired) electrons. The van der Waals surface area contributed by atoms with Crippen molar-refractivity contribution in [2.75, 3.05) is 0 Å². The van der Waals surface area contributed by atoms with E-state index in [9.17, 15) is 18.0 Å². The van der Waals surface area contributed by atoms with Gasteiger partial charge in [-0.1, -0.05) is 38.0 Å². The molecular formula is C24H27NO6S. The number of benzene rings is 2. The highest BCUT2D eigenvalue weighted by Gasteiger charge is 2.32. The largest absolute Gasteiger partial charge is 0.425 e. The predicted molar refractivity (Wildman–Crippen MR) is 122 cm³/mol. The number of carbonyl (C=O) groups is 1. The lowest BCUT2D eigenvalue weighted by Crippen LogP contribution is -2.47. The van der Waals surface area contributed by atoms with Gasteiger partial charge in [0, 0.05) is 17.0 Å². The summed E-state index contributed by atoms with van der Waals surface area (Å²) in [5, 5.41) is 0.737. The number of fused-ring (bicyclic) bond motifs is 1. The van der Waals surface area contributed by atoms with Gasteiger partial charge in [0.25, 0.3) is 0 Å². The molecule has 0 aliphatic rings. The third-order valence-corrected chi connectivity index (χ3v) is 7.07. The molecule has 1 N–H and O–H groups in total. The SMILES string of the molecule is CC[C@H](C)[C@H](NS(=O)(=O)c1ccc(C)cc1)C(=O)Oc1ccc2c(C)cc(=O)oc2c1C. The van der Waals surface area contributed by atoms with Crippen molar-refractivity contribution in [2.24, 2.45) is 5.92 Å². The predicted octanol–water partition coefficient (Wildman–Crippen LogP) is 4.02. The van der Waals surface area contributed by atoms with E-state index in [2.05, 4.69) is 4.72 Å². The van der Waals surface area contributed by atoms with Gasteiger partial charge in [0.05, 0.1) is 4.90 Å². The summed E-state index contributed by atoms with van der Waals surface area (Å²) in [6.45, 7) is 8.98. The van der Waals surface area contributed by atoms with Crippen molar-refractivity contribution >= 4 is 27.0 Å². The molecular weight excluding hydrogens is 430 g/mol. The lowest BCUT2D eigenvalue weighted by Gasteiger charge is -2.23. The maximum atomic E-state index is 13.1. The Labute approximate surface area is 187 Å².